The summed E-state index contributed by atoms with van der Waals surface area (Å²) in [6, 6.07) is 9.86. The molecule has 150 valence electrons. The van der Waals surface area contributed by atoms with Gasteiger partial charge in [-0.3, -0.25) is 0 Å². The van der Waals surface area contributed by atoms with Crippen LogP contribution in [0.4, 0.5) is 26.3 Å². The van der Waals surface area contributed by atoms with Gasteiger partial charge in [0.25, 0.3) is 0 Å². The Kier molecular flexibility index (Phi) is 5.34. The summed E-state index contributed by atoms with van der Waals surface area (Å²) in [5.74, 6) is -0.583. The highest BCUT2D eigenvalue weighted by molar-refractivity contribution is 8.01. The molecule has 0 aliphatic carbocycles. The van der Waals surface area contributed by atoms with Crippen molar-refractivity contribution in [1.82, 2.24) is 0 Å². The average molecular weight is 416 g/mol. The van der Waals surface area contributed by atoms with Crippen molar-refractivity contribution in [1.29, 1.82) is 0 Å². The average Bonchev–Trinajstić information content (AvgIpc) is 2.62. The highest BCUT2D eigenvalue weighted by Gasteiger charge is 2.50. The minimum Gasteiger partial charge on any atom is -0.166 e. The van der Waals surface area contributed by atoms with Crippen molar-refractivity contribution in [2.45, 2.75) is 36.2 Å². The van der Waals surface area contributed by atoms with Gasteiger partial charge in [-0.2, -0.15) is 26.3 Å². The van der Waals surface area contributed by atoms with Crippen LogP contribution in [0.15, 0.2) is 60.7 Å². The zero-order valence-electron chi connectivity index (χ0n) is 15.1. The van der Waals surface area contributed by atoms with E-state index in [4.69, 9.17) is 0 Å². The molecule has 2 atom stereocenters. The molecule has 0 saturated carbocycles. The third-order valence-electron chi connectivity index (χ3n) is 4.95. The zero-order chi connectivity index (χ0) is 20.7. The molecule has 0 nitrogen and oxygen atoms in total. The number of hydrogen-bond donors (Lipinski definition) is 0. The topological polar surface area (TPSA) is 0 Å². The highest BCUT2D eigenvalue weighted by Crippen LogP contribution is 2.57. The largest absolute Gasteiger partial charge is 0.416 e. The van der Waals surface area contributed by atoms with Crippen LogP contribution in [0.3, 0.4) is 0 Å². The third-order valence-corrected chi connectivity index (χ3v) is 6.66. The molecule has 0 aromatic heterocycles. The smallest absolute Gasteiger partial charge is 0.166 e. The van der Waals surface area contributed by atoms with Gasteiger partial charge in [0, 0.05) is 5.25 Å². The summed E-state index contributed by atoms with van der Waals surface area (Å²) in [7, 11) is 0. The number of allylic oxidation sites excluding steroid dienone is 1. The predicted molar refractivity (Wildman–Crippen MR) is 99.0 cm³/mol. The van der Waals surface area contributed by atoms with Crippen molar-refractivity contribution in [2.75, 3.05) is 0 Å². The Morgan fingerprint density at radius 1 is 0.714 bits per heavy atom. The number of rotatable bonds is 2. The Hall–Kier alpha value is -1.89. The number of halogens is 6. The van der Waals surface area contributed by atoms with Crippen molar-refractivity contribution >= 4 is 11.8 Å². The van der Waals surface area contributed by atoms with Crippen LogP contribution in [-0.4, -0.2) is 5.25 Å². The molecule has 1 aliphatic heterocycles. The summed E-state index contributed by atoms with van der Waals surface area (Å²) in [6.07, 6.45) is -5.83. The first-order valence-electron chi connectivity index (χ1n) is 8.67. The van der Waals surface area contributed by atoms with Crippen molar-refractivity contribution in [3.05, 3.63) is 82.9 Å². The van der Waals surface area contributed by atoms with E-state index in [1.165, 1.54) is 36.4 Å². The standard InChI is InChI=1S/C21H18F6S/c1-13-11-12-14(2)28-19(13,15-7-3-5-9-17(15)20(22,23)24)16-8-4-6-10-18(16)21(25,26)27/h3-14H,1-2H3/t13-,14-/m0/s1. The molecule has 2 aromatic carbocycles. The summed E-state index contributed by atoms with van der Waals surface area (Å²) in [5, 5.41) is -0.251. The van der Waals surface area contributed by atoms with Crippen molar-refractivity contribution < 1.29 is 26.3 Å². The van der Waals surface area contributed by atoms with Crippen LogP contribution in [0.2, 0.25) is 0 Å². The minimum atomic E-state index is -4.68. The third kappa shape index (κ3) is 3.56. The van der Waals surface area contributed by atoms with Gasteiger partial charge in [0.2, 0.25) is 0 Å². The molecule has 0 spiro atoms. The first-order chi connectivity index (χ1) is 13.0. The van der Waals surface area contributed by atoms with Gasteiger partial charge in [0.15, 0.2) is 0 Å². The zero-order valence-corrected chi connectivity index (χ0v) is 15.9. The molecule has 0 fully saturated rings. The van der Waals surface area contributed by atoms with Gasteiger partial charge in [-0.25, -0.2) is 0 Å². The lowest BCUT2D eigenvalue weighted by atomic mass is 9.76. The monoisotopic (exact) mass is 416 g/mol. The summed E-state index contributed by atoms with van der Waals surface area (Å²) >= 11 is 1.12. The number of hydrogen-bond acceptors (Lipinski definition) is 1. The number of benzene rings is 2. The quantitative estimate of drug-likeness (QED) is 0.366. The Morgan fingerprint density at radius 2 is 1.14 bits per heavy atom. The lowest BCUT2D eigenvalue weighted by Gasteiger charge is -2.44. The van der Waals surface area contributed by atoms with Gasteiger partial charge in [-0.15, -0.1) is 11.8 Å². The maximum absolute atomic E-state index is 13.8. The van der Waals surface area contributed by atoms with Gasteiger partial charge in [0.05, 0.1) is 15.9 Å². The number of thioether (sulfide) groups is 1. The van der Waals surface area contributed by atoms with E-state index in [0.29, 0.717) is 0 Å². The van der Waals surface area contributed by atoms with Crippen LogP contribution in [-0.2, 0) is 17.1 Å². The SMILES string of the molecule is C[C@H]1C=C[C@H](C)C(c2ccccc2C(F)(F)F)(c2ccccc2C(F)(F)F)S1. The van der Waals surface area contributed by atoms with Gasteiger partial charge in [0.1, 0.15) is 0 Å². The second-order valence-corrected chi connectivity index (χ2v) is 8.44. The van der Waals surface area contributed by atoms with Gasteiger partial charge < -0.3 is 0 Å². The molecule has 0 amide bonds. The molecule has 2 aromatic rings. The Bertz CT molecular complexity index is 823. The normalized spacial score (nSPS) is 22.3. The fourth-order valence-corrected chi connectivity index (χ4v) is 5.43. The van der Waals surface area contributed by atoms with Crippen molar-refractivity contribution in [3.63, 3.8) is 0 Å². The fourth-order valence-electron chi connectivity index (χ4n) is 3.77. The second kappa shape index (κ2) is 7.17. The maximum Gasteiger partial charge on any atom is 0.416 e. The van der Waals surface area contributed by atoms with Crippen LogP contribution in [0.5, 0.6) is 0 Å². The molecule has 1 aliphatic rings. The van der Waals surface area contributed by atoms with Crippen LogP contribution < -0.4 is 0 Å². The molecule has 0 N–H and O–H groups in total. The van der Waals surface area contributed by atoms with Gasteiger partial charge in [-0.05, 0) is 36.1 Å². The molecule has 0 radical (unpaired) electrons. The molecule has 7 heteroatoms. The molecule has 3 rings (SSSR count). The van der Waals surface area contributed by atoms with Crippen LogP contribution >= 0.6 is 11.8 Å². The van der Waals surface area contributed by atoms with Gasteiger partial charge >= 0.3 is 12.4 Å². The van der Waals surface area contributed by atoms with E-state index < -0.39 is 34.1 Å². The number of alkyl halides is 6. The Morgan fingerprint density at radius 3 is 1.57 bits per heavy atom. The van der Waals surface area contributed by atoms with Gasteiger partial charge in [-0.1, -0.05) is 55.5 Å². The lowest BCUT2D eigenvalue weighted by molar-refractivity contribution is -0.138. The van der Waals surface area contributed by atoms with E-state index in [1.807, 2.05) is 6.08 Å². The summed E-state index contributed by atoms with van der Waals surface area (Å²) < 4.78 is 81.3. The highest BCUT2D eigenvalue weighted by atomic mass is 32.2. The minimum absolute atomic E-state index is 0.145. The van der Waals surface area contributed by atoms with Crippen molar-refractivity contribution in [3.8, 4) is 0 Å². The molecule has 1 heterocycles. The second-order valence-electron chi connectivity index (χ2n) is 6.82. The maximum atomic E-state index is 13.8. The molecular weight excluding hydrogens is 398 g/mol. The van der Waals surface area contributed by atoms with E-state index in [1.54, 1.807) is 19.9 Å². The molecule has 0 bridgehead atoms. The van der Waals surface area contributed by atoms with Crippen LogP contribution in [0.25, 0.3) is 0 Å². The van der Waals surface area contributed by atoms with Crippen molar-refractivity contribution in [2.24, 2.45) is 5.92 Å². The summed E-state index contributed by atoms with van der Waals surface area (Å²) in [5.41, 5.74) is -2.11. The Balaban J connectivity index is 2.41. The molecule has 28 heavy (non-hydrogen) atoms. The first kappa shape index (κ1) is 20.8. The van der Waals surface area contributed by atoms with Crippen LogP contribution in [0.1, 0.15) is 36.1 Å². The predicted octanol–water partition coefficient (Wildman–Crippen LogP) is 7.30. The van der Waals surface area contributed by atoms with E-state index >= 15 is 0 Å². The van der Waals surface area contributed by atoms with E-state index in [-0.39, 0.29) is 16.4 Å². The fraction of sp³-hybridized carbons (Fsp3) is 0.333. The molecule has 0 unspecified atom stereocenters. The lowest BCUT2D eigenvalue weighted by Crippen LogP contribution is -2.38. The summed E-state index contributed by atoms with van der Waals surface area (Å²) in [6.45, 7) is 3.43. The summed E-state index contributed by atoms with van der Waals surface area (Å²) in [4.78, 5) is 0. The van der Waals surface area contributed by atoms with E-state index in [0.717, 1.165) is 23.9 Å². The van der Waals surface area contributed by atoms with E-state index in [2.05, 4.69) is 0 Å². The van der Waals surface area contributed by atoms with E-state index in [9.17, 15) is 26.3 Å². The molecule has 0 saturated heterocycles. The van der Waals surface area contributed by atoms with Crippen LogP contribution in [0, 0.1) is 5.92 Å². The first-order valence-corrected chi connectivity index (χ1v) is 9.55. The molecular formula is C21H18F6S. The Labute approximate surface area is 163 Å².